The minimum atomic E-state index is 0. The number of anilines is 1. The van der Waals surface area contributed by atoms with Gasteiger partial charge >= 0.3 is 0 Å². The van der Waals surface area contributed by atoms with Gasteiger partial charge in [0.2, 0.25) is 0 Å². The number of rotatable bonds is 6. The Morgan fingerprint density at radius 1 is 1.00 bits per heavy atom. The fourth-order valence-corrected chi connectivity index (χ4v) is 3.46. The predicted octanol–water partition coefficient (Wildman–Crippen LogP) is 4.14. The second kappa shape index (κ2) is 12.4. The number of carbonyl (C=O) groups is 1. The van der Waals surface area contributed by atoms with Crippen LogP contribution in [0.3, 0.4) is 0 Å². The van der Waals surface area contributed by atoms with Crippen molar-refractivity contribution in [2.75, 3.05) is 39.7 Å². The SMILES string of the molecule is CN=C(NCc1ccc(C(=O)N2CCCCC2)cc1)Nc1ccc(OC)c(OC)c1.I. The Morgan fingerprint density at radius 2 is 1.68 bits per heavy atom. The second-order valence-electron chi connectivity index (χ2n) is 7.17. The Labute approximate surface area is 201 Å². The molecule has 1 aliphatic rings. The summed E-state index contributed by atoms with van der Waals surface area (Å²) in [5, 5.41) is 6.52. The van der Waals surface area contributed by atoms with Crippen molar-refractivity contribution in [2.45, 2.75) is 25.8 Å². The van der Waals surface area contributed by atoms with Gasteiger partial charge in [0.15, 0.2) is 17.5 Å². The van der Waals surface area contributed by atoms with E-state index < -0.39 is 0 Å². The van der Waals surface area contributed by atoms with Crippen molar-refractivity contribution in [3.05, 3.63) is 53.6 Å². The summed E-state index contributed by atoms with van der Waals surface area (Å²) in [7, 11) is 4.93. The number of methoxy groups -OCH3 is 2. The van der Waals surface area contributed by atoms with Crippen molar-refractivity contribution >= 4 is 41.5 Å². The molecular weight excluding hydrogens is 507 g/mol. The average Bonchev–Trinajstić information content (AvgIpc) is 2.82. The Hall–Kier alpha value is -2.49. The number of hydrogen-bond donors (Lipinski definition) is 2. The summed E-state index contributed by atoms with van der Waals surface area (Å²) in [6.45, 7) is 2.31. The summed E-state index contributed by atoms with van der Waals surface area (Å²) in [5.74, 6) is 2.08. The van der Waals surface area contributed by atoms with Crippen LogP contribution in [0.1, 0.15) is 35.2 Å². The smallest absolute Gasteiger partial charge is 0.253 e. The van der Waals surface area contributed by atoms with E-state index in [0.29, 0.717) is 24.0 Å². The lowest BCUT2D eigenvalue weighted by atomic mass is 10.1. The van der Waals surface area contributed by atoms with Crippen LogP contribution in [0, 0.1) is 0 Å². The number of carbonyl (C=O) groups excluding carboxylic acids is 1. The van der Waals surface area contributed by atoms with Gasteiger partial charge in [-0.3, -0.25) is 9.79 Å². The third kappa shape index (κ3) is 6.75. The number of amides is 1. The average molecular weight is 538 g/mol. The van der Waals surface area contributed by atoms with Gasteiger partial charge in [-0.05, 0) is 49.1 Å². The molecule has 0 unspecified atom stereocenters. The summed E-state index contributed by atoms with van der Waals surface area (Å²) >= 11 is 0. The number of guanidine groups is 1. The largest absolute Gasteiger partial charge is 0.493 e. The predicted molar refractivity (Wildman–Crippen MR) is 135 cm³/mol. The maximum Gasteiger partial charge on any atom is 0.253 e. The van der Waals surface area contributed by atoms with Gasteiger partial charge in [-0.2, -0.15) is 0 Å². The lowest BCUT2D eigenvalue weighted by molar-refractivity contribution is 0.0724. The zero-order valence-electron chi connectivity index (χ0n) is 18.3. The van der Waals surface area contributed by atoms with Gasteiger partial charge in [0.1, 0.15) is 0 Å². The topological polar surface area (TPSA) is 75.2 Å². The maximum absolute atomic E-state index is 12.6. The van der Waals surface area contributed by atoms with Crippen LogP contribution in [-0.2, 0) is 6.54 Å². The summed E-state index contributed by atoms with van der Waals surface area (Å²) in [5.41, 5.74) is 2.65. The van der Waals surface area contributed by atoms with Gasteiger partial charge in [-0.25, -0.2) is 0 Å². The summed E-state index contributed by atoms with van der Waals surface area (Å²) < 4.78 is 10.6. The van der Waals surface area contributed by atoms with Crippen LogP contribution in [0.5, 0.6) is 11.5 Å². The van der Waals surface area contributed by atoms with E-state index in [4.69, 9.17) is 9.47 Å². The summed E-state index contributed by atoms with van der Waals surface area (Å²) in [4.78, 5) is 18.8. The number of ether oxygens (including phenoxy) is 2. The molecule has 8 heteroatoms. The Kier molecular flexibility index (Phi) is 9.90. The number of nitrogens with zero attached hydrogens (tertiary/aromatic N) is 2. The van der Waals surface area contributed by atoms with Crippen LogP contribution >= 0.6 is 24.0 Å². The minimum absolute atomic E-state index is 0. The van der Waals surface area contributed by atoms with Crippen molar-refractivity contribution in [3.63, 3.8) is 0 Å². The molecule has 0 bridgehead atoms. The van der Waals surface area contributed by atoms with Crippen molar-refractivity contribution in [2.24, 2.45) is 4.99 Å². The minimum Gasteiger partial charge on any atom is -0.493 e. The van der Waals surface area contributed by atoms with Crippen LogP contribution in [0.2, 0.25) is 0 Å². The third-order valence-corrected chi connectivity index (χ3v) is 5.17. The van der Waals surface area contributed by atoms with E-state index in [1.165, 1.54) is 6.42 Å². The molecule has 3 rings (SSSR count). The number of nitrogens with one attached hydrogen (secondary N) is 2. The quantitative estimate of drug-likeness (QED) is 0.329. The molecule has 0 radical (unpaired) electrons. The highest BCUT2D eigenvalue weighted by Crippen LogP contribution is 2.29. The normalized spacial score (nSPS) is 13.8. The highest BCUT2D eigenvalue weighted by Gasteiger charge is 2.17. The maximum atomic E-state index is 12.6. The second-order valence-corrected chi connectivity index (χ2v) is 7.17. The Bertz CT molecular complexity index is 881. The number of aliphatic imine (C=N–C) groups is 1. The van der Waals surface area contributed by atoms with E-state index in [-0.39, 0.29) is 29.9 Å². The van der Waals surface area contributed by atoms with Crippen LogP contribution < -0.4 is 20.1 Å². The fourth-order valence-electron chi connectivity index (χ4n) is 3.46. The number of benzene rings is 2. The van der Waals surface area contributed by atoms with E-state index in [1.54, 1.807) is 21.3 Å². The van der Waals surface area contributed by atoms with E-state index in [9.17, 15) is 4.79 Å². The van der Waals surface area contributed by atoms with E-state index in [2.05, 4.69) is 15.6 Å². The molecule has 0 spiro atoms. The molecular formula is C23H31IN4O3. The summed E-state index contributed by atoms with van der Waals surface area (Å²) in [6.07, 6.45) is 3.41. The summed E-state index contributed by atoms with van der Waals surface area (Å²) in [6, 6.07) is 13.4. The molecule has 0 saturated carbocycles. The van der Waals surface area contributed by atoms with Crippen LogP contribution in [0.15, 0.2) is 47.5 Å². The van der Waals surface area contributed by atoms with Crippen molar-refractivity contribution in [1.82, 2.24) is 10.2 Å². The first kappa shape index (κ1) is 24.8. The number of likely N-dealkylation sites (tertiary alicyclic amines) is 1. The van der Waals surface area contributed by atoms with E-state index >= 15 is 0 Å². The molecule has 31 heavy (non-hydrogen) atoms. The number of hydrogen-bond acceptors (Lipinski definition) is 4. The molecule has 0 aromatic heterocycles. The Morgan fingerprint density at radius 3 is 2.29 bits per heavy atom. The molecule has 2 aromatic carbocycles. The van der Waals surface area contributed by atoms with Gasteiger partial charge in [-0.1, -0.05) is 12.1 Å². The zero-order valence-corrected chi connectivity index (χ0v) is 20.6. The zero-order chi connectivity index (χ0) is 21.3. The Balaban J connectivity index is 0.00000341. The highest BCUT2D eigenvalue weighted by molar-refractivity contribution is 14.0. The van der Waals surface area contributed by atoms with Gasteiger partial charge in [0, 0.05) is 44.0 Å². The third-order valence-electron chi connectivity index (χ3n) is 5.17. The van der Waals surface area contributed by atoms with Crippen molar-refractivity contribution in [3.8, 4) is 11.5 Å². The molecule has 7 nitrogen and oxygen atoms in total. The van der Waals surface area contributed by atoms with Gasteiger partial charge < -0.3 is 25.0 Å². The lowest BCUT2D eigenvalue weighted by Crippen LogP contribution is -2.35. The lowest BCUT2D eigenvalue weighted by Gasteiger charge is -2.26. The van der Waals surface area contributed by atoms with Crippen LogP contribution in [0.4, 0.5) is 5.69 Å². The highest BCUT2D eigenvalue weighted by atomic mass is 127. The molecule has 0 aliphatic carbocycles. The van der Waals surface area contributed by atoms with Crippen molar-refractivity contribution in [1.29, 1.82) is 0 Å². The molecule has 1 heterocycles. The molecule has 0 atom stereocenters. The molecule has 1 fully saturated rings. The first-order valence-corrected chi connectivity index (χ1v) is 10.2. The molecule has 2 aromatic rings. The van der Waals surface area contributed by atoms with Crippen molar-refractivity contribution < 1.29 is 14.3 Å². The molecule has 2 N–H and O–H groups in total. The fraction of sp³-hybridized carbons (Fsp3) is 0.391. The standard InChI is InChI=1S/C23H30N4O3.HI/c1-24-23(26-19-11-12-20(29-2)21(15-19)30-3)25-16-17-7-9-18(10-8-17)22(28)27-13-5-4-6-14-27;/h7-12,15H,4-6,13-14,16H2,1-3H3,(H2,24,25,26);1H. The first-order chi connectivity index (χ1) is 14.6. The molecule has 168 valence electrons. The van der Waals surface area contributed by atoms with Crippen LogP contribution in [0.25, 0.3) is 0 Å². The molecule has 1 aliphatic heterocycles. The van der Waals surface area contributed by atoms with E-state index in [0.717, 1.165) is 42.7 Å². The van der Waals surface area contributed by atoms with Gasteiger partial charge in [0.25, 0.3) is 5.91 Å². The van der Waals surface area contributed by atoms with Gasteiger partial charge in [-0.15, -0.1) is 24.0 Å². The monoisotopic (exact) mass is 538 g/mol. The first-order valence-electron chi connectivity index (χ1n) is 10.2. The number of piperidine rings is 1. The van der Waals surface area contributed by atoms with E-state index in [1.807, 2.05) is 47.4 Å². The van der Waals surface area contributed by atoms with Crippen LogP contribution in [-0.4, -0.2) is 51.1 Å². The molecule has 1 amide bonds. The van der Waals surface area contributed by atoms with Gasteiger partial charge in [0.05, 0.1) is 14.2 Å². The number of halogens is 1. The molecule has 1 saturated heterocycles.